The number of hydrogen-bond donors (Lipinski definition) is 1. The third-order valence-electron chi connectivity index (χ3n) is 2.06. The van der Waals surface area contributed by atoms with Gasteiger partial charge in [0.2, 0.25) is 0 Å². The van der Waals surface area contributed by atoms with Gasteiger partial charge in [-0.2, -0.15) is 0 Å². The van der Waals surface area contributed by atoms with Crippen molar-refractivity contribution in [1.82, 2.24) is 0 Å². The molecular formula is C11H14FNO2. The fraction of sp³-hybridized carbons (Fsp3) is 0.364. The molecule has 0 saturated carbocycles. The zero-order valence-electron chi connectivity index (χ0n) is 8.77. The normalized spacial score (nSPS) is 12.3. The lowest BCUT2D eigenvalue weighted by Crippen LogP contribution is -2.28. The highest BCUT2D eigenvalue weighted by atomic mass is 19.1. The molecule has 15 heavy (non-hydrogen) atoms. The Morgan fingerprint density at radius 2 is 2.27 bits per heavy atom. The second kappa shape index (κ2) is 4.89. The molecule has 0 spiro atoms. The number of para-hydroxylation sites is 1. The molecular weight excluding hydrogens is 197 g/mol. The van der Waals surface area contributed by atoms with E-state index in [2.05, 4.69) is 0 Å². The van der Waals surface area contributed by atoms with Crippen LogP contribution in [0, 0.1) is 5.82 Å². The molecule has 0 radical (unpaired) electrons. The van der Waals surface area contributed by atoms with Crippen LogP contribution in [0.15, 0.2) is 18.2 Å². The summed E-state index contributed by atoms with van der Waals surface area (Å²) in [5.74, 6) is -0.456. The van der Waals surface area contributed by atoms with Crippen LogP contribution >= 0.6 is 0 Å². The molecule has 0 saturated heterocycles. The van der Waals surface area contributed by atoms with E-state index in [0.717, 1.165) is 0 Å². The van der Waals surface area contributed by atoms with E-state index >= 15 is 0 Å². The minimum absolute atomic E-state index is 0.230. The van der Waals surface area contributed by atoms with Gasteiger partial charge in [0, 0.05) is 19.2 Å². The zero-order chi connectivity index (χ0) is 11.4. The number of likely N-dealkylation sites (N-methyl/N-ethyl adjacent to an activating group) is 1. The van der Waals surface area contributed by atoms with E-state index in [4.69, 9.17) is 0 Å². The number of nitrogens with zero attached hydrogens (tertiary/aromatic N) is 1. The SMILES string of the molecule is CC(O)CN(C)c1c(F)cccc1C=O. The van der Waals surface area contributed by atoms with E-state index in [0.29, 0.717) is 6.29 Å². The van der Waals surface area contributed by atoms with Crippen molar-refractivity contribution in [3.63, 3.8) is 0 Å². The van der Waals surface area contributed by atoms with Gasteiger partial charge in [-0.05, 0) is 19.1 Å². The van der Waals surface area contributed by atoms with Crippen molar-refractivity contribution in [1.29, 1.82) is 0 Å². The third kappa shape index (κ3) is 2.76. The average Bonchev–Trinajstić information content (AvgIpc) is 2.15. The maximum atomic E-state index is 13.5. The molecule has 0 aliphatic heterocycles. The fourth-order valence-corrected chi connectivity index (χ4v) is 1.52. The number of benzene rings is 1. The predicted octanol–water partition coefficient (Wildman–Crippen LogP) is 1.46. The number of carbonyl (C=O) groups is 1. The monoisotopic (exact) mass is 211 g/mol. The Hall–Kier alpha value is -1.42. The topological polar surface area (TPSA) is 40.5 Å². The van der Waals surface area contributed by atoms with Gasteiger partial charge in [-0.15, -0.1) is 0 Å². The second-order valence-electron chi connectivity index (χ2n) is 3.53. The molecule has 0 heterocycles. The van der Waals surface area contributed by atoms with Gasteiger partial charge in [0.25, 0.3) is 0 Å². The summed E-state index contributed by atoms with van der Waals surface area (Å²) in [5.41, 5.74) is 0.520. The number of anilines is 1. The van der Waals surface area contributed by atoms with E-state index in [9.17, 15) is 14.3 Å². The molecule has 1 aromatic carbocycles. The van der Waals surface area contributed by atoms with Gasteiger partial charge in [-0.1, -0.05) is 6.07 Å². The van der Waals surface area contributed by atoms with Crippen LogP contribution in [0.25, 0.3) is 0 Å². The predicted molar refractivity (Wildman–Crippen MR) is 56.7 cm³/mol. The van der Waals surface area contributed by atoms with Gasteiger partial charge in [-0.3, -0.25) is 4.79 Å². The van der Waals surface area contributed by atoms with Crippen molar-refractivity contribution in [2.45, 2.75) is 13.0 Å². The van der Waals surface area contributed by atoms with Crippen molar-refractivity contribution in [2.24, 2.45) is 0 Å². The summed E-state index contributed by atoms with van der Waals surface area (Å²) in [7, 11) is 1.64. The van der Waals surface area contributed by atoms with Crippen LogP contribution in [-0.4, -0.2) is 31.1 Å². The van der Waals surface area contributed by atoms with Gasteiger partial charge in [0.1, 0.15) is 5.82 Å². The number of aliphatic hydroxyl groups excluding tert-OH is 1. The summed E-state index contributed by atoms with van der Waals surface area (Å²) in [6.07, 6.45) is 0.0332. The Bertz CT molecular complexity index is 352. The maximum absolute atomic E-state index is 13.5. The first-order valence-electron chi connectivity index (χ1n) is 4.69. The van der Waals surface area contributed by atoms with E-state index < -0.39 is 11.9 Å². The molecule has 0 fully saturated rings. The standard InChI is InChI=1S/C11H14FNO2/c1-8(15)6-13(2)11-9(7-14)4-3-5-10(11)12/h3-5,7-8,15H,6H2,1-2H3. The lowest BCUT2D eigenvalue weighted by molar-refractivity contribution is 0.112. The molecule has 0 aromatic heterocycles. The van der Waals surface area contributed by atoms with Crippen molar-refractivity contribution in [3.05, 3.63) is 29.6 Å². The average molecular weight is 211 g/mol. The van der Waals surface area contributed by atoms with Crippen LogP contribution in [0.5, 0.6) is 0 Å². The van der Waals surface area contributed by atoms with E-state index in [-0.39, 0.29) is 17.8 Å². The van der Waals surface area contributed by atoms with Crippen LogP contribution < -0.4 is 4.90 Å². The summed E-state index contributed by atoms with van der Waals surface area (Å²) in [6.45, 7) is 1.89. The highest BCUT2D eigenvalue weighted by Crippen LogP contribution is 2.22. The van der Waals surface area contributed by atoms with Gasteiger partial charge in [0.15, 0.2) is 6.29 Å². The number of aldehydes is 1. The first-order chi connectivity index (χ1) is 7.06. The van der Waals surface area contributed by atoms with Crippen LogP contribution in [0.3, 0.4) is 0 Å². The molecule has 82 valence electrons. The minimum atomic E-state index is -0.575. The first-order valence-corrected chi connectivity index (χ1v) is 4.69. The van der Waals surface area contributed by atoms with E-state index in [1.54, 1.807) is 20.0 Å². The molecule has 0 aliphatic rings. The summed E-state index contributed by atoms with van der Waals surface area (Å²) >= 11 is 0. The Labute approximate surface area is 88.1 Å². The van der Waals surface area contributed by atoms with Crippen molar-refractivity contribution in [2.75, 3.05) is 18.5 Å². The Kier molecular flexibility index (Phi) is 3.80. The second-order valence-corrected chi connectivity index (χ2v) is 3.53. The summed E-state index contributed by atoms with van der Waals surface area (Å²) in [5, 5.41) is 9.19. The fourth-order valence-electron chi connectivity index (χ4n) is 1.52. The maximum Gasteiger partial charge on any atom is 0.152 e. The molecule has 0 bridgehead atoms. The molecule has 3 nitrogen and oxygen atoms in total. The van der Waals surface area contributed by atoms with Gasteiger partial charge >= 0.3 is 0 Å². The molecule has 1 aromatic rings. The smallest absolute Gasteiger partial charge is 0.152 e. The number of aliphatic hydroxyl groups is 1. The van der Waals surface area contributed by atoms with E-state index in [1.807, 2.05) is 0 Å². The van der Waals surface area contributed by atoms with Crippen molar-refractivity contribution < 1.29 is 14.3 Å². The van der Waals surface area contributed by atoms with Crippen LogP contribution in [0.1, 0.15) is 17.3 Å². The zero-order valence-corrected chi connectivity index (χ0v) is 8.77. The quantitative estimate of drug-likeness (QED) is 0.766. The van der Waals surface area contributed by atoms with Gasteiger partial charge in [-0.25, -0.2) is 4.39 Å². The van der Waals surface area contributed by atoms with Crippen molar-refractivity contribution >= 4 is 12.0 Å². The molecule has 4 heteroatoms. The molecule has 1 N–H and O–H groups in total. The third-order valence-corrected chi connectivity index (χ3v) is 2.06. The van der Waals surface area contributed by atoms with Crippen LogP contribution in [0.4, 0.5) is 10.1 Å². The number of halogens is 1. The highest BCUT2D eigenvalue weighted by Gasteiger charge is 2.13. The number of carbonyl (C=O) groups excluding carboxylic acids is 1. The Balaban J connectivity index is 3.05. The largest absolute Gasteiger partial charge is 0.392 e. The van der Waals surface area contributed by atoms with Gasteiger partial charge < -0.3 is 10.0 Å². The molecule has 0 amide bonds. The molecule has 1 atom stereocenters. The van der Waals surface area contributed by atoms with Crippen LogP contribution in [-0.2, 0) is 0 Å². The molecule has 1 rings (SSSR count). The van der Waals surface area contributed by atoms with Gasteiger partial charge in [0.05, 0.1) is 11.8 Å². The number of hydrogen-bond acceptors (Lipinski definition) is 3. The lowest BCUT2D eigenvalue weighted by atomic mass is 10.1. The Morgan fingerprint density at radius 3 is 2.80 bits per heavy atom. The molecule has 1 unspecified atom stereocenters. The number of rotatable bonds is 4. The first kappa shape index (κ1) is 11.7. The Morgan fingerprint density at radius 1 is 1.60 bits per heavy atom. The summed E-state index contributed by atoms with van der Waals surface area (Å²) in [4.78, 5) is 12.2. The summed E-state index contributed by atoms with van der Waals surface area (Å²) in [6, 6.07) is 4.32. The summed E-state index contributed by atoms with van der Waals surface area (Å²) < 4.78 is 13.5. The van der Waals surface area contributed by atoms with Crippen LogP contribution in [0.2, 0.25) is 0 Å². The highest BCUT2D eigenvalue weighted by molar-refractivity contribution is 5.84. The van der Waals surface area contributed by atoms with Crippen molar-refractivity contribution in [3.8, 4) is 0 Å². The molecule has 0 aliphatic carbocycles. The van der Waals surface area contributed by atoms with E-state index in [1.165, 1.54) is 17.0 Å². The lowest BCUT2D eigenvalue weighted by Gasteiger charge is -2.22. The minimum Gasteiger partial charge on any atom is -0.392 e.